The summed E-state index contributed by atoms with van der Waals surface area (Å²) in [5, 5.41) is 22.8. The maximum absolute atomic E-state index is 9.50. The van der Waals surface area contributed by atoms with Crippen LogP contribution in [0.5, 0.6) is 0 Å². The average molecular weight is 393 g/mol. The molecule has 0 bridgehead atoms. The van der Waals surface area contributed by atoms with E-state index in [1.807, 2.05) is 22.6 Å². The minimum absolute atomic E-state index is 0.0576. The third kappa shape index (κ3) is 3.92. The molecule has 2 aromatic heterocycles. The second-order valence-electron chi connectivity index (χ2n) is 7.60. The number of nitrogens with one attached hydrogen (secondary N) is 1. The Morgan fingerprint density at radius 2 is 2.28 bits per heavy atom. The lowest BCUT2D eigenvalue weighted by molar-refractivity contribution is -0.0367. The standard InChI is InChI=1S/C22H27N5O2/c1-4-19-17-11-16(18-13-24-26(3)21(18)14-23-12-15(2)28)8-9-20(17)27(25-19)22-7-5-6-10-29-22/h1,8-9,11,13,15,22-23,28H,5-7,10,12,14H2,2-3H3. The van der Waals surface area contributed by atoms with Crippen LogP contribution in [0.4, 0.5) is 0 Å². The zero-order valence-corrected chi connectivity index (χ0v) is 16.9. The lowest BCUT2D eigenvalue weighted by Gasteiger charge is -2.23. The van der Waals surface area contributed by atoms with Crippen LogP contribution < -0.4 is 5.32 Å². The Bertz CT molecular complexity index is 1040. The maximum Gasteiger partial charge on any atom is 0.150 e. The second-order valence-corrected chi connectivity index (χ2v) is 7.60. The van der Waals surface area contributed by atoms with Crippen LogP contribution in [0.15, 0.2) is 24.4 Å². The first-order valence-electron chi connectivity index (χ1n) is 10.1. The molecule has 1 aliphatic rings. The van der Waals surface area contributed by atoms with Gasteiger partial charge in [-0.2, -0.15) is 10.2 Å². The summed E-state index contributed by atoms with van der Waals surface area (Å²) < 4.78 is 9.71. The lowest BCUT2D eigenvalue weighted by atomic mass is 10.0. The maximum atomic E-state index is 9.50. The zero-order chi connectivity index (χ0) is 20.4. The molecule has 152 valence electrons. The largest absolute Gasteiger partial charge is 0.392 e. The number of benzene rings is 1. The van der Waals surface area contributed by atoms with Gasteiger partial charge in [0.05, 0.1) is 23.5 Å². The van der Waals surface area contributed by atoms with Crippen molar-refractivity contribution >= 4 is 10.9 Å². The van der Waals surface area contributed by atoms with Crippen LogP contribution in [0.25, 0.3) is 22.0 Å². The topological polar surface area (TPSA) is 77.1 Å². The van der Waals surface area contributed by atoms with E-state index < -0.39 is 6.10 Å². The van der Waals surface area contributed by atoms with Gasteiger partial charge in [-0.3, -0.25) is 4.68 Å². The highest BCUT2D eigenvalue weighted by atomic mass is 16.5. The van der Waals surface area contributed by atoms with Crippen LogP contribution >= 0.6 is 0 Å². The Kier molecular flexibility index (Phi) is 5.67. The van der Waals surface area contributed by atoms with Crippen molar-refractivity contribution in [3.8, 4) is 23.5 Å². The van der Waals surface area contributed by atoms with Crippen molar-refractivity contribution in [2.24, 2.45) is 7.05 Å². The summed E-state index contributed by atoms with van der Waals surface area (Å²) in [5.41, 5.74) is 4.76. The number of hydrogen-bond donors (Lipinski definition) is 2. The van der Waals surface area contributed by atoms with Crippen molar-refractivity contribution in [1.82, 2.24) is 24.9 Å². The predicted octanol–water partition coefficient (Wildman–Crippen LogP) is 2.59. The highest BCUT2D eigenvalue weighted by molar-refractivity contribution is 5.89. The van der Waals surface area contributed by atoms with Gasteiger partial charge in [-0.25, -0.2) is 4.68 Å². The summed E-state index contributed by atoms with van der Waals surface area (Å²) >= 11 is 0. The van der Waals surface area contributed by atoms with E-state index in [9.17, 15) is 5.11 Å². The van der Waals surface area contributed by atoms with Crippen LogP contribution in [-0.4, -0.2) is 43.9 Å². The van der Waals surface area contributed by atoms with Crippen molar-refractivity contribution in [2.75, 3.05) is 13.2 Å². The molecule has 7 nitrogen and oxygen atoms in total. The van der Waals surface area contributed by atoms with E-state index in [4.69, 9.17) is 11.2 Å². The number of fused-ring (bicyclic) bond motifs is 1. The van der Waals surface area contributed by atoms with Crippen molar-refractivity contribution in [1.29, 1.82) is 0 Å². The van der Waals surface area contributed by atoms with Gasteiger partial charge in [0.25, 0.3) is 0 Å². The molecule has 7 heteroatoms. The Hall–Kier alpha value is -2.66. The third-order valence-electron chi connectivity index (χ3n) is 5.38. The number of aryl methyl sites for hydroxylation is 1. The molecule has 2 N–H and O–H groups in total. The van der Waals surface area contributed by atoms with Crippen molar-refractivity contribution in [2.45, 2.75) is 45.1 Å². The van der Waals surface area contributed by atoms with Gasteiger partial charge in [-0.05, 0) is 49.8 Å². The summed E-state index contributed by atoms with van der Waals surface area (Å²) in [6, 6.07) is 6.24. The van der Waals surface area contributed by atoms with Gasteiger partial charge in [0.2, 0.25) is 0 Å². The van der Waals surface area contributed by atoms with Gasteiger partial charge in [0.1, 0.15) is 5.69 Å². The Morgan fingerprint density at radius 1 is 1.41 bits per heavy atom. The lowest BCUT2D eigenvalue weighted by Crippen LogP contribution is -2.25. The van der Waals surface area contributed by atoms with Gasteiger partial charge in [0, 0.05) is 37.7 Å². The molecule has 1 fully saturated rings. The van der Waals surface area contributed by atoms with E-state index in [1.54, 1.807) is 6.92 Å². The molecular formula is C22H27N5O2. The summed E-state index contributed by atoms with van der Waals surface area (Å²) in [4.78, 5) is 0. The van der Waals surface area contributed by atoms with Crippen LogP contribution in [0.2, 0.25) is 0 Å². The molecule has 1 saturated heterocycles. The van der Waals surface area contributed by atoms with Gasteiger partial charge in [-0.15, -0.1) is 6.42 Å². The number of hydrogen-bond acceptors (Lipinski definition) is 5. The van der Waals surface area contributed by atoms with Gasteiger partial charge in [0.15, 0.2) is 6.23 Å². The molecule has 0 spiro atoms. The van der Waals surface area contributed by atoms with Crippen molar-refractivity contribution in [3.05, 3.63) is 35.8 Å². The Balaban J connectivity index is 1.70. The van der Waals surface area contributed by atoms with E-state index >= 15 is 0 Å². The number of aliphatic hydroxyl groups excluding tert-OH is 1. The number of terminal acetylenes is 1. The summed E-state index contributed by atoms with van der Waals surface area (Å²) in [6.45, 7) is 3.67. The number of nitrogens with zero attached hydrogens (tertiary/aromatic N) is 4. The summed E-state index contributed by atoms with van der Waals surface area (Å²) in [6.07, 6.45) is 10.3. The predicted molar refractivity (Wildman–Crippen MR) is 112 cm³/mol. The molecule has 0 aliphatic carbocycles. The number of ether oxygens (including phenoxy) is 1. The zero-order valence-electron chi connectivity index (χ0n) is 16.9. The smallest absolute Gasteiger partial charge is 0.150 e. The van der Waals surface area contributed by atoms with E-state index in [0.717, 1.165) is 53.6 Å². The normalized spacial score (nSPS) is 18.1. The Morgan fingerprint density at radius 3 is 3.00 bits per heavy atom. The second kappa shape index (κ2) is 8.37. The van der Waals surface area contributed by atoms with Crippen LogP contribution in [0.1, 0.15) is 43.8 Å². The fourth-order valence-electron chi connectivity index (χ4n) is 3.86. The average Bonchev–Trinajstić information content (AvgIpc) is 3.28. The molecule has 0 amide bonds. The number of rotatable bonds is 6. The van der Waals surface area contributed by atoms with E-state index in [0.29, 0.717) is 18.8 Å². The quantitative estimate of drug-likeness (QED) is 0.630. The van der Waals surface area contributed by atoms with Gasteiger partial charge >= 0.3 is 0 Å². The number of aromatic nitrogens is 4. The van der Waals surface area contributed by atoms with Crippen LogP contribution in [0, 0.1) is 12.3 Å². The molecule has 2 atom stereocenters. The molecular weight excluding hydrogens is 366 g/mol. The highest BCUT2D eigenvalue weighted by Gasteiger charge is 2.21. The molecule has 3 heterocycles. The molecule has 0 saturated carbocycles. The van der Waals surface area contributed by atoms with E-state index in [2.05, 4.69) is 39.6 Å². The molecule has 4 rings (SSSR count). The van der Waals surface area contributed by atoms with Crippen molar-refractivity contribution < 1.29 is 9.84 Å². The first-order chi connectivity index (χ1) is 14.1. The van der Waals surface area contributed by atoms with Crippen LogP contribution in [0.3, 0.4) is 0 Å². The molecule has 3 aromatic rings. The monoisotopic (exact) mass is 393 g/mol. The molecule has 1 aliphatic heterocycles. The fourth-order valence-corrected chi connectivity index (χ4v) is 3.86. The SMILES string of the molecule is C#Cc1nn(C2CCCCO2)c2ccc(-c3cnn(C)c3CNCC(C)O)cc12. The van der Waals surface area contributed by atoms with Crippen molar-refractivity contribution in [3.63, 3.8) is 0 Å². The Labute approximate surface area is 170 Å². The fraction of sp³-hybridized carbons (Fsp3) is 0.455. The third-order valence-corrected chi connectivity index (χ3v) is 5.38. The molecule has 0 radical (unpaired) electrons. The first-order valence-corrected chi connectivity index (χ1v) is 10.1. The van der Waals surface area contributed by atoms with Gasteiger partial charge in [-0.1, -0.05) is 6.07 Å². The van der Waals surface area contributed by atoms with E-state index in [-0.39, 0.29) is 6.23 Å². The van der Waals surface area contributed by atoms with Crippen LogP contribution in [-0.2, 0) is 18.3 Å². The minimum atomic E-state index is -0.394. The summed E-state index contributed by atoms with van der Waals surface area (Å²) in [7, 11) is 1.92. The highest BCUT2D eigenvalue weighted by Crippen LogP contribution is 2.32. The molecule has 29 heavy (non-hydrogen) atoms. The minimum Gasteiger partial charge on any atom is -0.392 e. The molecule has 1 aromatic carbocycles. The van der Waals surface area contributed by atoms with E-state index in [1.165, 1.54) is 0 Å². The first kappa shape index (κ1) is 19.6. The van der Waals surface area contributed by atoms with Gasteiger partial charge < -0.3 is 15.2 Å². The molecule has 2 unspecified atom stereocenters. The summed E-state index contributed by atoms with van der Waals surface area (Å²) in [5.74, 6) is 2.73. The number of aliphatic hydroxyl groups is 1.